The van der Waals surface area contributed by atoms with Crippen LogP contribution in [0.3, 0.4) is 0 Å². The van der Waals surface area contributed by atoms with E-state index in [-0.39, 0.29) is 0 Å². The highest BCUT2D eigenvalue weighted by molar-refractivity contribution is 9.09. The largest absolute Gasteiger partial charge is 0.481 e. The zero-order chi connectivity index (χ0) is 12.3. The second-order valence-corrected chi connectivity index (χ2v) is 5.06. The number of hydrogen-bond donors (Lipinski definition) is 0. The SMILES string of the molecule is COc1ncnc(N2CCC(CBr)CC2)c1C. The summed E-state index contributed by atoms with van der Waals surface area (Å²) in [5.74, 6) is 2.50. The molecule has 2 heterocycles. The number of methoxy groups -OCH3 is 1. The first-order valence-corrected chi connectivity index (χ1v) is 7.05. The van der Waals surface area contributed by atoms with Crippen LogP contribution in [0.5, 0.6) is 5.88 Å². The molecule has 4 nitrogen and oxygen atoms in total. The Morgan fingerprint density at radius 2 is 2.12 bits per heavy atom. The van der Waals surface area contributed by atoms with Crippen molar-refractivity contribution >= 4 is 21.7 Å². The van der Waals surface area contributed by atoms with Crippen LogP contribution in [-0.2, 0) is 0 Å². The monoisotopic (exact) mass is 299 g/mol. The van der Waals surface area contributed by atoms with Crippen LogP contribution in [-0.4, -0.2) is 35.5 Å². The van der Waals surface area contributed by atoms with Gasteiger partial charge in [-0.1, -0.05) is 15.9 Å². The van der Waals surface area contributed by atoms with Crippen molar-refractivity contribution in [2.24, 2.45) is 5.92 Å². The first-order chi connectivity index (χ1) is 8.26. The third kappa shape index (κ3) is 2.70. The highest BCUT2D eigenvalue weighted by atomic mass is 79.9. The molecule has 94 valence electrons. The molecule has 0 bridgehead atoms. The number of ether oxygens (including phenoxy) is 1. The average molecular weight is 300 g/mol. The molecule has 1 saturated heterocycles. The van der Waals surface area contributed by atoms with Gasteiger partial charge >= 0.3 is 0 Å². The lowest BCUT2D eigenvalue weighted by atomic mass is 9.99. The van der Waals surface area contributed by atoms with Gasteiger partial charge in [0.15, 0.2) is 0 Å². The number of alkyl halides is 1. The Balaban J connectivity index is 2.13. The van der Waals surface area contributed by atoms with Gasteiger partial charge in [0.05, 0.1) is 12.7 Å². The van der Waals surface area contributed by atoms with Gasteiger partial charge in [-0.3, -0.25) is 0 Å². The van der Waals surface area contributed by atoms with Crippen molar-refractivity contribution in [1.29, 1.82) is 0 Å². The fourth-order valence-corrected chi connectivity index (χ4v) is 2.90. The van der Waals surface area contributed by atoms with Gasteiger partial charge in [0, 0.05) is 18.4 Å². The maximum absolute atomic E-state index is 5.23. The molecule has 1 aliphatic rings. The first kappa shape index (κ1) is 12.6. The van der Waals surface area contributed by atoms with Crippen molar-refractivity contribution < 1.29 is 4.74 Å². The number of halogens is 1. The molecular weight excluding hydrogens is 282 g/mol. The Kier molecular flexibility index (Phi) is 4.20. The topological polar surface area (TPSA) is 38.3 Å². The van der Waals surface area contributed by atoms with Gasteiger partial charge in [0.25, 0.3) is 0 Å². The molecule has 0 spiro atoms. The number of piperidine rings is 1. The molecule has 2 rings (SSSR count). The Bertz CT molecular complexity index is 378. The smallest absolute Gasteiger partial charge is 0.221 e. The van der Waals surface area contributed by atoms with Gasteiger partial charge in [-0.15, -0.1) is 0 Å². The van der Waals surface area contributed by atoms with E-state index >= 15 is 0 Å². The van der Waals surface area contributed by atoms with E-state index in [4.69, 9.17) is 4.74 Å². The van der Waals surface area contributed by atoms with Crippen molar-refractivity contribution in [3.8, 4) is 5.88 Å². The molecule has 17 heavy (non-hydrogen) atoms. The molecule has 0 unspecified atom stereocenters. The molecule has 1 fully saturated rings. The molecular formula is C12H18BrN3O. The Morgan fingerprint density at radius 3 is 2.71 bits per heavy atom. The molecule has 0 atom stereocenters. The summed E-state index contributed by atoms with van der Waals surface area (Å²) >= 11 is 3.56. The minimum atomic E-state index is 0.678. The van der Waals surface area contributed by atoms with Crippen LogP contribution in [0.1, 0.15) is 18.4 Å². The maximum atomic E-state index is 5.23. The van der Waals surface area contributed by atoms with E-state index in [0.29, 0.717) is 5.88 Å². The predicted octanol–water partition coefficient (Wildman–Crippen LogP) is 2.40. The van der Waals surface area contributed by atoms with Gasteiger partial charge in [-0.05, 0) is 25.7 Å². The maximum Gasteiger partial charge on any atom is 0.221 e. The summed E-state index contributed by atoms with van der Waals surface area (Å²) in [6, 6.07) is 0. The quantitative estimate of drug-likeness (QED) is 0.804. The number of rotatable bonds is 3. The van der Waals surface area contributed by atoms with Crippen LogP contribution in [0.4, 0.5) is 5.82 Å². The zero-order valence-corrected chi connectivity index (χ0v) is 11.9. The summed E-state index contributed by atoms with van der Waals surface area (Å²) in [5, 5.41) is 1.10. The van der Waals surface area contributed by atoms with Crippen LogP contribution in [0.15, 0.2) is 6.33 Å². The van der Waals surface area contributed by atoms with E-state index in [1.807, 2.05) is 6.92 Å². The zero-order valence-electron chi connectivity index (χ0n) is 10.3. The molecule has 1 aliphatic heterocycles. The average Bonchev–Trinajstić information content (AvgIpc) is 2.39. The van der Waals surface area contributed by atoms with Crippen LogP contribution in [0.2, 0.25) is 0 Å². The Morgan fingerprint density at radius 1 is 1.41 bits per heavy atom. The summed E-state index contributed by atoms with van der Waals surface area (Å²) in [5.41, 5.74) is 1.03. The summed E-state index contributed by atoms with van der Waals surface area (Å²) < 4.78 is 5.23. The van der Waals surface area contributed by atoms with E-state index in [0.717, 1.165) is 35.7 Å². The molecule has 1 aromatic heterocycles. The van der Waals surface area contributed by atoms with Crippen molar-refractivity contribution in [3.05, 3.63) is 11.9 Å². The molecule has 1 aromatic rings. The normalized spacial score (nSPS) is 17.2. The van der Waals surface area contributed by atoms with Crippen molar-refractivity contribution in [3.63, 3.8) is 0 Å². The van der Waals surface area contributed by atoms with Crippen molar-refractivity contribution in [2.75, 3.05) is 30.4 Å². The number of nitrogens with zero attached hydrogens (tertiary/aromatic N) is 3. The van der Waals surface area contributed by atoms with E-state index in [2.05, 4.69) is 30.8 Å². The van der Waals surface area contributed by atoms with Gasteiger partial charge in [0.1, 0.15) is 12.1 Å². The fraction of sp³-hybridized carbons (Fsp3) is 0.667. The minimum Gasteiger partial charge on any atom is -0.481 e. The van der Waals surface area contributed by atoms with E-state index in [1.165, 1.54) is 12.8 Å². The van der Waals surface area contributed by atoms with E-state index < -0.39 is 0 Å². The number of hydrogen-bond acceptors (Lipinski definition) is 4. The van der Waals surface area contributed by atoms with Crippen LogP contribution >= 0.6 is 15.9 Å². The predicted molar refractivity (Wildman–Crippen MR) is 72.1 cm³/mol. The third-order valence-corrected chi connectivity index (χ3v) is 4.25. The summed E-state index contributed by atoms with van der Waals surface area (Å²) in [6.45, 7) is 4.15. The molecule has 0 saturated carbocycles. The van der Waals surface area contributed by atoms with Gasteiger partial charge < -0.3 is 9.64 Å². The highest BCUT2D eigenvalue weighted by Gasteiger charge is 2.21. The summed E-state index contributed by atoms with van der Waals surface area (Å²) in [6.07, 6.45) is 4.02. The summed E-state index contributed by atoms with van der Waals surface area (Å²) in [7, 11) is 1.65. The second kappa shape index (κ2) is 5.67. The Hall–Kier alpha value is -0.840. The molecule has 0 amide bonds. The van der Waals surface area contributed by atoms with Gasteiger partial charge in [0.2, 0.25) is 5.88 Å². The molecule has 0 radical (unpaired) electrons. The second-order valence-electron chi connectivity index (χ2n) is 4.42. The molecule has 5 heteroatoms. The fourth-order valence-electron chi connectivity index (χ4n) is 2.25. The summed E-state index contributed by atoms with van der Waals surface area (Å²) in [4.78, 5) is 10.8. The molecule has 0 aromatic carbocycles. The minimum absolute atomic E-state index is 0.678. The van der Waals surface area contributed by atoms with Crippen molar-refractivity contribution in [2.45, 2.75) is 19.8 Å². The third-order valence-electron chi connectivity index (χ3n) is 3.34. The van der Waals surface area contributed by atoms with Crippen LogP contribution in [0, 0.1) is 12.8 Å². The van der Waals surface area contributed by atoms with Gasteiger partial charge in [-0.25, -0.2) is 9.97 Å². The molecule has 0 N–H and O–H groups in total. The van der Waals surface area contributed by atoms with Crippen LogP contribution < -0.4 is 9.64 Å². The number of aromatic nitrogens is 2. The van der Waals surface area contributed by atoms with Gasteiger partial charge in [-0.2, -0.15) is 0 Å². The Labute approximate surface area is 111 Å². The lowest BCUT2D eigenvalue weighted by molar-refractivity contribution is 0.392. The van der Waals surface area contributed by atoms with E-state index in [1.54, 1.807) is 13.4 Å². The number of anilines is 1. The molecule has 0 aliphatic carbocycles. The van der Waals surface area contributed by atoms with Crippen molar-refractivity contribution in [1.82, 2.24) is 9.97 Å². The van der Waals surface area contributed by atoms with E-state index in [9.17, 15) is 0 Å². The lowest BCUT2D eigenvalue weighted by Gasteiger charge is -2.32. The first-order valence-electron chi connectivity index (χ1n) is 5.92. The standard InChI is InChI=1S/C12H18BrN3O/c1-9-11(14-8-15-12(9)17-2)16-5-3-10(7-13)4-6-16/h8,10H,3-7H2,1-2H3. The van der Waals surface area contributed by atoms with Crippen LogP contribution in [0.25, 0.3) is 0 Å². The highest BCUT2D eigenvalue weighted by Crippen LogP contribution is 2.28. The lowest BCUT2D eigenvalue weighted by Crippen LogP contribution is -2.35.